The van der Waals surface area contributed by atoms with Gasteiger partial charge >= 0.3 is 5.97 Å². The second-order valence-electron chi connectivity index (χ2n) is 4.97. The van der Waals surface area contributed by atoms with Crippen LogP contribution in [-0.2, 0) is 15.0 Å². The Morgan fingerprint density at radius 1 is 1.44 bits per heavy atom. The normalized spacial score (nSPS) is 18.7. The molecular formula is C13H14ClNO3. The number of carbonyl (C=O) groups is 2. The van der Waals surface area contributed by atoms with Crippen LogP contribution in [0.1, 0.15) is 30.4 Å². The largest absolute Gasteiger partial charge is 0.480 e. The number of carbonyl (C=O) groups excluding carboxylic acids is 1. The van der Waals surface area contributed by atoms with Crippen molar-refractivity contribution in [2.24, 2.45) is 0 Å². The van der Waals surface area contributed by atoms with Gasteiger partial charge in [0.15, 0.2) is 5.38 Å². The van der Waals surface area contributed by atoms with E-state index in [2.05, 4.69) is 0 Å². The standard InChI is InChI=1S/C13H14ClNO3/c1-13(2)8-6-7(10(14)11(16)17)4-5-9(8)15(3)12(13)18/h4-6,10H,1-3H3,(H,16,17). The Morgan fingerprint density at radius 3 is 2.61 bits per heavy atom. The minimum Gasteiger partial charge on any atom is -0.480 e. The third-order valence-corrected chi connectivity index (χ3v) is 3.84. The maximum atomic E-state index is 12.1. The van der Waals surface area contributed by atoms with Gasteiger partial charge in [-0.2, -0.15) is 0 Å². The highest BCUT2D eigenvalue weighted by Gasteiger charge is 2.42. The van der Waals surface area contributed by atoms with E-state index in [4.69, 9.17) is 16.7 Å². The molecule has 1 heterocycles. The molecule has 0 aliphatic carbocycles. The van der Waals surface area contributed by atoms with Gasteiger partial charge in [0.2, 0.25) is 5.91 Å². The van der Waals surface area contributed by atoms with Gasteiger partial charge in [-0.05, 0) is 31.0 Å². The quantitative estimate of drug-likeness (QED) is 0.837. The number of anilines is 1. The lowest BCUT2D eigenvalue weighted by atomic mass is 9.85. The summed E-state index contributed by atoms with van der Waals surface area (Å²) in [5.41, 5.74) is 1.48. The van der Waals surface area contributed by atoms with Crippen LogP contribution in [0, 0.1) is 0 Å². The molecule has 1 amide bonds. The fraction of sp³-hybridized carbons (Fsp3) is 0.385. The zero-order valence-electron chi connectivity index (χ0n) is 10.4. The van der Waals surface area contributed by atoms with Crippen LogP contribution in [0.25, 0.3) is 0 Å². The van der Waals surface area contributed by atoms with Gasteiger partial charge in [0.1, 0.15) is 0 Å². The van der Waals surface area contributed by atoms with E-state index in [9.17, 15) is 9.59 Å². The molecule has 1 aliphatic heterocycles. The number of hydrogen-bond acceptors (Lipinski definition) is 2. The van der Waals surface area contributed by atoms with Gasteiger partial charge in [0, 0.05) is 12.7 Å². The Kier molecular flexibility index (Phi) is 2.86. The number of nitrogens with zero attached hydrogens (tertiary/aromatic N) is 1. The van der Waals surface area contributed by atoms with Crippen molar-refractivity contribution in [1.29, 1.82) is 0 Å². The summed E-state index contributed by atoms with van der Waals surface area (Å²) in [6.45, 7) is 3.65. The molecule has 1 atom stereocenters. The van der Waals surface area contributed by atoms with E-state index in [1.54, 1.807) is 30.1 Å². The zero-order chi connectivity index (χ0) is 13.7. The summed E-state index contributed by atoms with van der Waals surface area (Å²) >= 11 is 5.81. The highest BCUT2D eigenvalue weighted by Crippen LogP contribution is 2.42. The van der Waals surface area contributed by atoms with E-state index in [1.165, 1.54) is 0 Å². The van der Waals surface area contributed by atoms with Crippen LogP contribution in [0.4, 0.5) is 5.69 Å². The van der Waals surface area contributed by atoms with Gasteiger partial charge in [-0.3, -0.25) is 9.59 Å². The summed E-state index contributed by atoms with van der Waals surface area (Å²) in [5.74, 6) is -1.09. The van der Waals surface area contributed by atoms with Gasteiger partial charge in [-0.15, -0.1) is 11.6 Å². The van der Waals surface area contributed by atoms with Crippen molar-refractivity contribution in [2.45, 2.75) is 24.6 Å². The molecule has 0 saturated heterocycles. The number of alkyl halides is 1. The van der Waals surface area contributed by atoms with Crippen LogP contribution in [0.2, 0.25) is 0 Å². The van der Waals surface area contributed by atoms with Crippen LogP contribution >= 0.6 is 11.6 Å². The summed E-state index contributed by atoms with van der Waals surface area (Å²) in [5, 5.41) is 7.82. The number of fused-ring (bicyclic) bond motifs is 1. The molecule has 2 rings (SSSR count). The maximum absolute atomic E-state index is 12.1. The van der Waals surface area contributed by atoms with Crippen molar-refractivity contribution in [3.63, 3.8) is 0 Å². The van der Waals surface area contributed by atoms with Gasteiger partial charge in [0.05, 0.1) is 5.41 Å². The number of carboxylic acids is 1. The molecule has 0 fully saturated rings. The van der Waals surface area contributed by atoms with Gasteiger partial charge in [-0.25, -0.2) is 0 Å². The Hall–Kier alpha value is -1.55. The van der Waals surface area contributed by atoms with E-state index in [1.807, 2.05) is 13.8 Å². The van der Waals surface area contributed by atoms with Crippen molar-refractivity contribution in [2.75, 3.05) is 11.9 Å². The third-order valence-electron chi connectivity index (χ3n) is 3.40. The lowest BCUT2D eigenvalue weighted by Crippen LogP contribution is -2.33. The second kappa shape index (κ2) is 3.99. The summed E-state index contributed by atoms with van der Waals surface area (Å²) < 4.78 is 0. The van der Waals surface area contributed by atoms with E-state index < -0.39 is 16.8 Å². The van der Waals surface area contributed by atoms with Gasteiger partial charge in [0.25, 0.3) is 0 Å². The number of likely N-dealkylation sites (N-methyl/N-ethyl adjacent to an activating group) is 1. The van der Waals surface area contributed by atoms with Crippen LogP contribution in [0.3, 0.4) is 0 Å². The summed E-state index contributed by atoms with van der Waals surface area (Å²) in [7, 11) is 1.71. The molecule has 1 aliphatic rings. The Balaban J connectivity index is 2.55. The maximum Gasteiger partial charge on any atom is 0.326 e. The second-order valence-corrected chi connectivity index (χ2v) is 5.40. The average molecular weight is 268 g/mol. The average Bonchev–Trinajstić information content (AvgIpc) is 2.50. The number of rotatable bonds is 2. The van der Waals surface area contributed by atoms with Crippen molar-refractivity contribution in [3.05, 3.63) is 29.3 Å². The first-order valence-electron chi connectivity index (χ1n) is 5.56. The third kappa shape index (κ3) is 1.68. The van der Waals surface area contributed by atoms with E-state index >= 15 is 0 Å². The van der Waals surface area contributed by atoms with Crippen LogP contribution in [-0.4, -0.2) is 24.0 Å². The first-order chi connectivity index (χ1) is 8.26. The summed E-state index contributed by atoms with van der Waals surface area (Å²) in [6.07, 6.45) is 0. The molecule has 5 heteroatoms. The minimum atomic E-state index is -1.09. The van der Waals surface area contributed by atoms with Crippen molar-refractivity contribution in [1.82, 2.24) is 0 Å². The van der Waals surface area contributed by atoms with E-state index in [-0.39, 0.29) is 5.91 Å². The van der Waals surface area contributed by atoms with Crippen LogP contribution in [0.5, 0.6) is 0 Å². The molecule has 1 aromatic rings. The lowest BCUT2D eigenvalue weighted by molar-refractivity contribution is -0.136. The number of benzene rings is 1. The Labute approximate surface area is 110 Å². The number of halogens is 1. The molecular weight excluding hydrogens is 254 g/mol. The molecule has 1 unspecified atom stereocenters. The SMILES string of the molecule is CN1C(=O)C(C)(C)c2cc(C(Cl)C(=O)O)ccc21. The smallest absolute Gasteiger partial charge is 0.326 e. The molecule has 0 spiro atoms. The molecule has 1 N–H and O–H groups in total. The Morgan fingerprint density at radius 2 is 2.06 bits per heavy atom. The molecule has 4 nitrogen and oxygen atoms in total. The summed E-state index contributed by atoms with van der Waals surface area (Å²) in [6, 6.07) is 5.11. The number of hydrogen-bond donors (Lipinski definition) is 1. The number of carboxylic acid groups (broad SMARTS) is 1. The highest BCUT2D eigenvalue weighted by atomic mass is 35.5. The van der Waals surface area contributed by atoms with Crippen LogP contribution in [0.15, 0.2) is 18.2 Å². The molecule has 0 saturated carbocycles. The molecule has 0 radical (unpaired) electrons. The predicted molar refractivity (Wildman–Crippen MR) is 69.1 cm³/mol. The van der Waals surface area contributed by atoms with E-state index in [0.29, 0.717) is 5.56 Å². The first kappa shape index (κ1) is 12.9. The van der Waals surface area contributed by atoms with Gasteiger partial charge in [-0.1, -0.05) is 12.1 Å². The van der Waals surface area contributed by atoms with Crippen molar-refractivity contribution < 1.29 is 14.7 Å². The minimum absolute atomic E-state index is 0.00361. The molecule has 1 aromatic carbocycles. The highest BCUT2D eigenvalue weighted by molar-refractivity contribution is 6.29. The number of amides is 1. The fourth-order valence-corrected chi connectivity index (χ4v) is 2.43. The van der Waals surface area contributed by atoms with E-state index in [0.717, 1.165) is 11.3 Å². The molecule has 96 valence electrons. The zero-order valence-corrected chi connectivity index (χ0v) is 11.2. The summed E-state index contributed by atoms with van der Waals surface area (Å²) in [4.78, 5) is 24.5. The monoisotopic (exact) mass is 267 g/mol. The molecule has 18 heavy (non-hydrogen) atoms. The van der Waals surface area contributed by atoms with Gasteiger partial charge < -0.3 is 10.0 Å². The lowest BCUT2D eigenvalue weighted by Gasteiger charge is -2.17. The Bertz CT molecular complexity index is 539. The molecule has 0 bridgehead atoms. The predicted octanol–water partition coefficient (Wildman–Crippen LogP) is 2.31. The topological polar surface area (TPSA) is 57.6 Å². The molecule has 0 aromatic heterocycles. The first-order valence-corrected chi connectivity index (χ1v) is 6.00. The van der Waals surface area contributed by atoms with Crippen molar-refractivity contribution in [3.8, 4) is 0 Å². The van der Waals surface area contributed by atoms with Crippen LogP contribution < -0.4 is 4.90 Å². The number of aliphatic carboxylic acids is 1. The fourth-order valence-electron chi connectivity index (χ4n) is 2.29. The van der Waals surface area contributed by atoms with Crippen molar-refractivity contribution >= 4 is 29.2 Å².